The quantitative estimate of drug-likeness (QED) is 0.418. The van der Waals surface area contributed by atoms with Crippen LogP contribution in [0.15, 0.2) is 42.5 Å². The lowest BCUT2D eigenvalue weighted by atomic mass is 10.1. The normalized spacial score (nSPS) is 10.3. The maximum absolute atomic E-state index is 12.7. The first kappa shape index (κ1) is 21.5. The van der Waals surface area contributed by atoms with E-state index in [2.05, 4.69) is 15.4 Å². The molecule has 0 aliphatic carbocycles. The Bertz CT molecular complexity index is 955. The average Bonchev–Trinajstić information content (AvgIpc) is 2.71. The number of nitrogens with one attached hydrogen (secondary N) is 2. The van der Waals surface area contributed by atoms with Crippen molar-refractivity contribution in [1.29, 1.82) is 0 Å². The summed E-state index contributed by atoms with van der Waals surface area (Å²) in [6.07, 6.45) is 0. The molecular weight excluding hydrogens is 378 g/mol. The lowest BCUT2D eigenvalue weighted by Gasteiger charge is -2.13. The number of benzene rings is 2. The minimum Gasteiger partial charge on any atom is -0.465 e. The second kappa shape index (κ2) is 9.45. The van der Waals surface area contributed by atoms with Crippen LogP contribution in [0.5, 0.6) is 0 Å². The van der Waals surface area contributed by atoms with E-state index in [1.807, 2.05) is 13.8 Å². The molecule has 0 bridgehead atoms. The number of rotatable bonds is 7. The van der Waals surface area contributed by atoms with Gasteiger partial charge in [-0.1, -0.05) is 26.0 Å². The number of non-ortho nitro benzene ring substituents is 1. The van der Waals surface area contributed by atoms with Gasteiger partial charge in [0.15, 0.2) is 0 Å². The molecule has 0 fully saturated rings. The molecule has 0 atom stereocenters. The zero-order chi connectivity index (χ0) is 21.6. The Morgan fingerprint density at radius 1 is 1.07 bits per heavy atom. The molecule has 0 heterocycles. The third-order valence-corrected chi connectivity index (χ3v) is 3.90. The fourth-order valence-electron chi connectivity index (χ4n) is 2.46. The lowest BCUT2D eigenvalue weighted by Crippen LogP contribution is -2.28. The highest BCUT2D eigenvalue weighted by atomic mass is 16.6. The molecular formula is C20H21N3O6. The van der Waals surface area contributed by atoms with Gasteiger partial charge in [-0.05, 0) is 24.1 Å². The molecule has 9 heteroatoms. The van der Waals surface area contributed by atoms with Crippen molar-refractivity contribution in [2.45, 2.75) is 13.8 Å². The first-order chi connectivity index (χ1) is 13.7. The maximum atomic E-state index is 12.7. The van der Waals surface area contributed by atoms with Crippen LogP contribution in [-0.2, 0) is 4.74 Å². The number of nitro groups is 1. The number of esters is 1. The van der Waals surface area contributed by atoms with Crippen molar-refractivity contribution in [3.8, 4) is 0 Å². The van der Waals surface area contributed by atoms with E-state index in [0.717, 1.165) is 19.2 Å². The smallest absolute Gasteiger partial charge is 0.338 e. The zero-order valence-corrected chi connectivity index (χ0v) is 16.2. The minimum atomic E-state index is -0.809. The molecule has 0 unspecified atom stereocenters. The molecule has 9 nitrogen and oxygen atoms in total. The number of carbonyl (C=O) groups excluding carboxylic acids is 3. The average molecular weight is 399 g/mol. The van der Waals surface area contributed by atoms with E-state index in [1.165, 1.54) is 6.07 Å². The van der Waals surface area contributed by atoms with Crippen LogP contribution in [0.4, 0.5) is 11.4 Å². The molecule has 2 amide bonds. The van der Waals surface area contributed by atoms with Crippen molar-refractivity contribution in [2.75, 3.05) is 19.0 Å². The number of para-hydroxylation sites is 1. The van der Waals surface area contributed by atoms with Gasteiger partial charge in [0.25, 0.3) is 17.5 Å². The van der Waals surface area contributed by atoms with Gasteiger partial charge in [-0.3, -0.25) is 19.7 Å². The summed E-state index contributed by atoms with van der Waals surface area (Å²) in [5.41, 5.74) is -0.183. The number of anilines is 1. The summed E-state index contributed by atoms with van der Waals surface area (Å²) in [7, 11) is 1.13. The van der Waals surface area contributed by atoms with Crippen LogP contribution in [-0.4, -0.2) is 36.4 Å². The molecule has 0 aliphatic rings. The molecule has 2 aromatic rings. The molecule has 152 valence electrons. The molecule has 0 saturated heterocycles. The summed E-state index contributed by atoms with van der Waals surface area (Å²) in [6.45, 7) is 4.37. The lowest BCUT2D eigenvalue weighted by molar-refractivity contribution is -0.384. The highest BCUT2D eigenvalue weighted by molar-refractivity contribution is 6.10. The van der Waals surface area contributed by atoms with Crippen molar-refractivity contribution in [3.05, 3.63) is 69.3 Å². The highest BCUT2D eigenvalue weighted by Gasteiger charge is 2.20. The fraction of sp³-hybridized carbons (Fsp3) is 0.250. The van der Waals surface area contributed by atoms with Crippen molar-refractivity contribution in [3.63, 3.8) is 0 Å². The summed E-state index contributed by atoms with van der Waals surface area (Å²) in [5, 5.41) is 16.5. The topological polar surface area (TPSA) is 128 Å². The first-order valence-corrected chi connectivity index (χ1v) is 8.79. The number of methoxy groups -OCH3 is 1. The van der Waals surface area contributed by atoms with Gasteiger partial charge >= 0.3 is 5.97 Å². The maximum Gasteiger partial charge on any atom is 0.338 e. The third-order valence-electron chi connectivity index (χ3n) is 3.90. The van der Waals surface area contributed by atoms with Crippen LogP contribution in [0, 0.1) is 16.0 Å². The van der Waals surface area contributed by atoms with Gasteiger partial charge in [-0.2, -0.15) is 0 Å². The van der Waals surface area contributed by atoms with E-state index in [-0.39, 0.29) is 34.2 Å². The van der Waals surface area contributed by atoms with Crippen molar-refractivity contribution >= 4 is 29.2 Å². The highest BCUT2D eigenvalue weighted by Crippen LogP contribution is 2.21. The van der Waals surface area contributed by atoms with Gasteiger partial charge < -0.3 is 15.4 Å². The Morgan fingerprint density at radius 3 is 2.34 bits per heavy atom. The summed E-state index contributed by atoms with van der Waals surface area (Å²) in [6, 6.07) is 9.65. The van der Waals surface area contributed by atoms with E-state index in [0.29, 0.717) is 6.54 Å². The SMILES string of the molecule is COC(=O)c1cc(C(=O)Nc2ccccc2C(=O)NCC(C)C)cc([N+](=O)[O-])c1. The molecule has 29 heavy (non-hydrogen) atoms. The van der Waals surface area contributed by atoms with Crippen molar-refractivity contribution in [2.24, 2.45) is 5.92 Å². The molecule has 0 spiro atoms. The van der Waals surface area contributed by atoms with Crippen LogP contribution in [0.1, 0.15) is 44.9 Å². The third kappa shape index (κ3) is 5.61. The van der Waals surface area contributed by atoms with Gasteiger partial charge in [0, 0.05) is 24.2 Å². The zero-order valence-electron chi connectivity index (χ0n) is 16.2. The first-order valence-electron chi connectivity index (χ1n) is 8.79. The molecule has 2 N–H and O–H groups in total. The van der Waals surface area contributed by atoms with Gasteiger partial charge in [0.1, 0.15) is 0 Å². The Morgan fingerprint density at radius 2 is 1.72 bits per heavy atom. The monoisotopic (exact) mass is 399 g/mol. The van der Waals surface area contributed by atoms with E-state index in [1.54, 1.807) is 24.3 Å². The van der Waals surface area contributed by atoms with Crippen LogP contribution in [0.2, 0.25) is 0 Å². The van der Waals surface area contributed by atoms with Gasteiger partial charge in [-0.15, -0.1) is 0 Å². The minimum absolute atomic E-state index is 0.114. The molecule has 0 aromatic heterocycles. The van der Waals surface area contributed by atoms with Crippen LogP contribution in [0.3, 0.4) is 0 Å². The number of hydrogen-bond donors (Lipinski definition) is 2. The largest absolute Gasteiger partial charge is 0.465 e. The van der Waals surface area contributed by atoms with Crippen LogP contribution < -0.4 is 10.6 Å². The van der Waals surface area contributed by atoms with Gasteiger partial charge in [0.2, 0.25) is 0 Å². The Balaban J connectivity index is 2.33. The standard InChI is InChI=1S/C20H21N3O6/c1-12(2)11-21-19(25)16-6-4-5-7-17(16)22-18(24)13-8-14(20(26)29-3)10-15(9-13)23(27)28/h4-10,12H,11H2,1-3H3,(H,21,25)(H,22,24). The van der Waals surface area contributed by atoms with Crippen LogP contribution >= 0.6 is 0 Å². The summed E-state index contributed by atoms with van der Waals surface area (Å²) >= 11 is 0. The van der Waals surface area contributed by atoms with E-state index >= 15 is 0 Å². The van der Waals surface area contributed by atoms with Gasteiger partial charge in [0.05, 0.1) is 28.8 Å². The Kier molecular flexibility index (Phi) is 7.02. The van der Waals surface area contributed by atoms with Crippen molar-refractivity contribution in [1.82, 2.24) is 5.32 Å². The molecule has 0 radical (unpaired) electrons. The second-order valence-electron chi connectivity index (χ2n) is 6.62. The van der Waals surface area contributed by atoms with Gasteiger partial charge in [-0.25, -0.2) is 4.79 Å². The number of nitrogens with zero attached hydrogens (tertiary/aromatic N) is 1. The molecule has 0 aliphatic heterocycles. The van der Waals surface area contributed by atoms with E-state index in [4.69, 9.17) is 0 Å². The fourth-order valence-corrected chi connectivity index (χ4v) is 2.46. The molecule has 0 saturated carbocycles. The van der Waals surface area contributed by atoms with Crippen molar-refractivity contribution < 1.29 is 24.0 Å². The molecule has 2 aromatic carbocycles. The number of hydrogen-bond acceptors (Lipinski definition) is 6. The van der Waals surface area contributed by atoms with E-state index in [9.17, 15) is 24.5 Å². The summed E-state index contributed by atoms with van der Waals surface area (Å²) in [5.74, 6) is -1.62. The number of ether oxygens (including phenoxy) is 1. The predicted molar refractivity (Wildman–Crippen MR) is 106 cm³/mol. The number of carbonyl (C=O) groups is 3. The number of nitro benzene ring substituents is 1. The Labute approximate surface area is 167 Å². The second-order valence-corrected chi connectivity index (χ2v) is 6.62. The molecule has 2 rings (SSSR count). The summed E-state index contributed by atoms with van der Waals surface area (Å²) < 4.78 is 4.57. The summed E-state index contributed by atoms with van der Waals surface area (Å²) in [4.78, 5) is 47.3. The number of amides is 2. The predicted octanol–water partition coefficient (Wildman–Crippen LogP) is 3.02. The van der Waals surface area contributed by atoms with Crippen LogP contribution in [0.25, 0.3) is 0 Å². The Hall–Kier alpha value is -3.75. The van der Waals surface area contributed by atoms with E-state index < -0.39 is 22.5 Å².